The minimum atomic E-state index is -0.972. The smallest absolute Gasteiger partial charge is 0.337 e. The lowest BCUT2D eigenvalue weighted by Gasteiger charge is -2.13. The fourth-order valence-corrected chi connectivity index (χ4v) is 2.71. The number of carbonyl (C=O) groups is 1. The zero-order chi connectivity index (χ0) is 15.6. The van der Waals surface area contributed by atoms with Crippen LogP contribution in [0.25, 0.3) is 11.0 Å². The van der Waals surface area contributed by atoms with Gasteiger partial charge in [-0.15, -0.1) is 0 Å². The van der Waals surface area contributed by atoms with Crippen molar-refractivity contribution in [3.05, 3.63) is 29.6 Å². The first-order chi connectivity index (χ1) is 9.95. The second-order valence-electron chi connectivity index (χ2n) is 5.18. The zero-order valence-electron chi connectivity index (χ0n) is 12.5. The number of benzene rings is 1. The molecule has 0 aliphatic heterocycles. The number of fused-ring (bicyclic) bond motifs is 1. The van der Waals surface area contributed by atoms with Gasteiger partial charge in [0.15, 0.2) is 0 Å². The van der Waals surface area contributed by atoms with E-state index in [1.54, 1.807) is 18.4 Å². The standard InChI is InChI=1S/C15H20N2O3S/c1-4-6-13-16-14-11(15(18)19)7-5-8-12(14)17(13)9-10(2)21(3)20/h5,7-8,10H,4,6,9H2,1-3H3,(H,18,19). The van der Waals surface area contributed by atoms with E-state index >= 15 is 0 Å². The highest BCUT2D eigenvalue weighted by Gasteiger charge is 2.18. The number of hydrogen-bond acceptors (Lipinski definition) is 3. The SMILES string of the molecule is CCCc1nc2c(C(=O)O)cccc2n1CC(C)S(C)=O. The summed E-state index contributed by atoms with van der Waals surface area (Å²) in [5.41, 5.74) is 1.53. The Labute approximate surface area is 126 Å². The molecule has 114 valence electrons. The van der Waals surface area contributed by atoms with Crippen molar-refractivity contribution in [3.8, 4) is 0 Å². The van der Waals surface area contributed by atoms with Crippen molar-refractivity contribution in [1.82, 2.24) is 9.55 Å². The van der Waals surface area contributed by atoms with E-state index in [4.69, 9.17) is 0 Å². The third-order valence-corrected chi connectivity index (χ3v) is 4.85. The molecule has 2 atom stereocenters. The molecule has 0 radical (unpaired) electrons. The topological polar surface area (TPSA) is 72.2 Å². The molecule has 0 amide bonds. The van der Waals surface area contributed by atoms with Crippen LogP contribution in [0.3, 0.4) is 0 Å². The second-order valence-corrected chi connectivity index (χ2v) is 6.98. The van der Waals surface area contributed by atoms with Gasteiger partial charge in [0.2, 0.25) is 0 Å². The number of carboxylic acid groups (broad SMARTS) is 1. The summed E-state index contributed by atoms with van der Waals surface area (Å²) in [6.45, 7) is 4.57. The molecule has 2 unspecified atom stereocenters. The molecular formula is C15H20N2O3S. The van der Waals surface area contributed by atoms with E-state index in [-0.39, 0.29) is 10.8 Å². The van der Waals surface area contributed by atoms with E-state index in [2.05, 4.69) is 11.9 Å². The van der Waals surface area contributed by atoms with Gasteiger partial charge in [0, 0.05) is 35.3 Å². The molecule has 6 heteroatoms. The number of imidazole rings is 1. The minimum absolute atomic E-state index is 0.00788. The maximum absolute atomic E-state index is 11.6. The van der Waals surface area contributed by atoms with Gasteiger partial charge >= 0.3 is 5.97 Å². The van der Waals surface area contributed by atoms with Crippen molar-refractivity contribution in [3.63, 3.8) is 0 Å². The van der Waals surface area contributed by atoms with Crippen LogP contribution in [0.2, 0.25) is 0 Å². The summed E-state index contributed by atoms with van der Waals surface area (Å²) >= 11 is 0. The van der Waals surface area contributed by atoms with E-state index in [1.807, 2.05) is 17.6 Å². The van der Waals surface area contributed by atoms with Crippen molar-refractivity contribution in [1.29, 1.82) is 0 Å². The van der Waals surface area contributed by atoms with Crippen LogP contribution in [0.1, 0.15) is 36.5 Å². The normalized spacial score (nSPS) is 14.2. The lowest BCUT2D eigenvalue weighted by molar-refractivity contribution is 0.0699. The molecule has 0 bridgehead atoms. The third kappa shape index (κ3) is 3.15. The van der Waals surface area contributed by atoms with Gasteiger partial charge in [0.25, 0.3) is 0 Å². The summed E-state index contributed by atoms with van der Waals surface area (Å²) in [7, 11) is -0.929. The van der Waals surface area contributed by atoms with Crippen LogP contribution in [0.15, 0.2) is 18.2 Å². The Morgan fingerprint density at radius 3 is 2.76 bits per heavy atom. The molecular weight excluding hydrogens is 288 g/mol. The van der Waals surface area contributed by atoms with Crippen molar-refractivity contribution in [2.45, 2.75) is 38.5 Å². The number of carboxylic acids is 1. The number of aromatic nitrogens is 2. The predicted octanol–water partition coefficient (Wildman–Crippen LogP) is 2.45. The Hall–Kier alpha value is -1.69. The Morgan fingerprint density at radius 2 is 2.19 bits per heavy atom. The summed E-state index contributed by atoms with van der Waals surface area (Å²) in [5.74, 6) is -0.112. The molecule has 2 aromatic rings. The molecule has 1 aromatic heterocycles. The molecule has 2 rings (SSSR count). The molecule has 0 fully saturated rings. The summed E-state index contributed by atoms with van der Waals surface area (Å²) < 4.78 is 13.6. The summed E-state index contributed by atoms with van der Waals surface area (Å²) in [6, 6.07) is 5.17. The molecule has 0 aliphatic rings. The highest BCUT2D eigenvalue weighted by atomic mass is 32.2. The maximum Gasteiger partial charge on any atom is 0.337 e. The van der Waals surface area contributed by atoms with Gasteiger partial charge in [-0.1, -0.05) is 13.0 Å². The van der Waals surface area contributed by atoms with Gasteiger partial charge in [-0.3, -0.25) is 4.21 Å². The van der Waals surface area contributed by atoms with Gasteiger partial charge in [-0.05, 0) is 25.5 Å². The Bertz CT molecular complexity index is 694. The average molecular weight is 308 g/mol. The fourth-order valence-electron chi connectivity index (χ4n) is 2.35. The van der Waals surface area contributed by atoms with Crippen molar-refractivity contribution >= 4 is 27.8 Å². The van der Waals surface area contributed by atoms with Crippen LogP contribution < -0.4 is 0 Å². The number of aryl methyl sites for hydroxylation is 1. The molecule has 0 spiro atoms. The predicted molar refractivity (Wildman–Crippen MR) is 84.2 cm³/mol. The molecule has 1 N–H and O–H groups in total. The summed E-state index contributed by atoms with van der Waals surface area (Å²) in [4.78, 5) is 15.8. The van der Waals surface area contributed by atoms with Gasteiger partial charge in [-0.2, -0.15) is 0 Å². The number of aromatic carboxylic acids is 1. The molecule has 0 saturated heterocycles. The Morgan fingerprint density at radius 1 is 1.48 bits per heavy atom. The number of nitrogens with zero attached hydrogens (tertiary/aromatic N) is 2. The van der Waals surface area contributed by atoms with Crippen LogP contribution >= 0.6 is 0 Å². The largest absolute Gasteiger partial charge is 0.478 e. The van der Waals surface area contributed by atoms with Crippen LogP contribution in [0, 0.1) is 0 Å². The van der Waals surface area contributed by atoms with Crippen LogP contribution in [-0.4, -0.2) is 36.3 Å². The zero-order valence-corrected chi connectivity index (χ0v) is 13.3. The van der Waals surface area contributed by atoms with Gasteiger partial charge in [0.05, 0.1) is 11.1 Å². The fraction of sp³-hybridized carbons (Fsp3) is 0.467. The van der Waals surface area contributed by atoms with Gasteiger partial charge in [-0.25, -0.2) is 9.78 Å². The minimum Gasteiger partial charge on any atom is -0.478 e. The van der Waals surface area contributed by atoms with E-state index in [1.165, 1.54) is 0 Å². The molecule has 1 heterocycles. The van der Waals surface area contributed by atoms with Crippen LogP contribution in [0.4, 0.5) is 0 Å². The second kappa shape index (κ2) is 6.39. The van der Waals surface area contributed by atoms with E-state index in [0.717, 1.165) is 24.2 Å². The monoisotopic (exact) mass is 308 g/mol. The summed E-state index contributed by atoms with van der Waals surface area (Å²) in [5, 5.41) is 9.28. The third-order valence-electron chi connectivity index (χ3n) is 3.57. The van der Waals surface area contributed by atoms with Crippen molar-refractivity contribution in [2.24, 2.45) is 0 Å². The summed E-state index contributed by atoms with van der Waals surface area (Å²) in [6.07, 6.45) is 3.39. The van der Waals surface area contributed by atoms with Crippen molar-refractivity contribution < 1.29 is 14.1 Å². The Kier molecular flexibility index (Phi) is 4.77. The van der Waals surface area contributed by atoms with E-state index in [0.29, 0.717) is 12.1 Å². The highest BCUT2D eigenvalue weighted by molar-refractivity contribution is 7.84. The van der Waals surface area contributed by atoms with Crippen LogP contribution in [0.5, 0.6) is 0 Å². The molecule has 5 nitrogen and oxygen atoms in total. The number of rotatable bonds is 6. The first kappa shape index (κ1) is 15.7. The first-order valence-electron chi connectivity index (χ1n) is 6.99. The lowest BCUT2D eigenvalue weighted by Crippen LogP contribution is -2.19. The number of hydrogen-bond donors (Lipinski definition) is 1. The molecule has 0 saturated carbocycles. The lowest BCUT2D eigenvalue weighted by atomic mass is 10.2. The maximum atomic E-state index is 11.6. The highest BCUT2D eigenvalue weighted by Crippen LogP contribution is 2.22. The molecule has 1 aromatic carbocycles. The first-order valence-corrected chi connectivity index (χ1v) is 8.61. The van der Waals surface area contributed by atoms with E-state index < -0.39 is 16.8 Å². The van der Waals surface area contributed by atoms with Crippen molar-refractivity contribution in [2.75, 3.05) is 6.26 Å². The van der Waals surface area contributed by atoms with Gasteiger partial charge < -0.3 is 9.67 Å². The number of para-hydroxylation sites is 1. The molecule has 21 heavy (non-hydrogen) atoms. The van der Waals surface area contributed by atoms with Gasteiger partial charge in [0.1, 0.15) is 11.3 Å². The Balaban J connectivity index is 2.60. The quantitative estimate of drug-likeness (QED) is 0.889. The molecule has 0 aliphatic carbocycles. The average Bonchev–Trinajstić information content (AvgIpc) is 2.77. The van der Waals surface area contributed by atoms with Crippen LogP contribution in [-0.2, 0) is 23.8 Å². The van der Waals surface area contributed by atoms with E-state index in [9.17, 15) is 14.1 Å².